The van der Waals surface area contributed by atoms with Crippen LogP contribution in [0.4, 0.5) is 0 Å². The Morgan fingerprint density at radius 3 is 2.14 bits per heavy atom. The minimum Gasteiger partial charge on any atom is -0.0905 e. The third-order valence-electron chi connectivity index (χ3n) is 4.07. The SMILES string of the molecule is C=C1c2ccccc2-c2c(C)cc3ccccc3c21.CC. The van der Waals surface area contributed by atoms with Crippen molar-refractivity contribution in [1.82, 2.24) is 0 Å². The van der Waals surface area contributed by atoms with Gasteiger partial charge in [-0.2, -0.15) is 0 Å². The normalized spacial score (nSPS) is 11.7. The molecule has 0 spiro atoms. The maximum atomic E-state index is 4.33. The van der Waals surface area contributed by atoms with Crippen LogP contribution in [0.25, 0.3) is 27.5 Å². The molecule has 1 aliphatic carbocycles. The lowest BCUT2D eigenvalue weighted by Crippen LogP contribution is -1.87. The van der Waals surface area contributed by atoms with Gasteiger partial charge in [0.25, 0.3) is 0 Å². The summed E-state index contributed by atoms with van der Waals surface area (Å²) in [5.74, 6) is 0. The van der Waals surface area contributed by atoms with Crippen molar-refractivity contribution in [2.24, 2.45) is 0 Å². The van der Waals surface area contributed by atoms with Gasteiger partial charge in [0.15, 0.2) is 0 Å². The standard InChI is InChI=1S/C19H14.C2H6/c1-12-11-14-7-3-4-9-16(14)19-13(2)15-8-5-6-10-17(15)18(12)19;1-2/h3-11H,2H2,1H3;1-2H3. The third kappa shape index (κ3) is 1.91. The van der Waals surface area contributed by atoms with E-state index in [1.807, 2.05) is 13.8 Å². The molecular weight excluding hydrogens is 252 g/mol. The average molecular weight is 272 g/mol. The summed E-state index contributed by atoms with van der Waals surface area (Å²) in [6.45, 7) is 10.5. The Labute approximate surface area is 126 Å². The Bertz CT molecular complexity index is 838. The van der Waals surface area contributed by atoms with Crippen LogP contribution in [0, 0.1) is 6.92 Å². The first kappa shape index (κ1) is 13.6. The van der Waals surface area contributed by atoms with Crippen LogP contribution >= 0.6 is 0 Å². The minimum atomic E-state index is 1.16. The van der Waals surface area contributed by atoms with Crippen molar-refractivity contribution in [3.8, 4) is 11.1 Å². The monoisotopic (exact) mass is 272 g/mol. The average Bonchev–Trinajstić information content (AvgIpc) is 2.84. The number of aryl methyl sites for hydroxylation is 1. The summed E-state index contributed by atoms with van der Waals surface area (Å²) in [4.78, 5) is 0. The van der Waals surface area contributed by atoms with Crippen LogP contribution < -0.4 is 0 Å². The van der Waals surface area contributed by atoms with E-state index in [-0.39, 0.29) is 0 Å². The van der Waals surface area contributed by atoms with Crippen molar-refractivity contribution in [2.45, 2.75) is 20.8 Å². The van der Waals surface area contributed by atoms with E-state index in [0.717, 1.165) is 5.57 Å². The molecule has 21 heavy (non-hydrogen) atoms. The van der Waals surface area contributed by atoms with Crippen LogP contribution in [-0.2, 0) is 0 Å². The molecule has 0 fully saturated rings. The highest BCUT2D eigenvalue weighted by molar-refractivity contribution is 6.11. The van der Waals surface area contributed by atoms with E-state index < -0.39 is 0 Å². The van der Waals surface area contributed by atoms with Gasteiger partial charge in [0.2, 0.25) is 0 Å². The van der Waals surface area contributed by atoms with Gasteiger partial charge < -0.3 is 0 Å². The first-order valence-corrected chi connectivity index (χ1v) is 7.59. The van der Waals surface area contributed by atoms with Crippen molar-refractivity contribution >= 4 is 16.3 Å². The van der Waals surface area contributed by atoms with Crippen LogP contribution in [0.15, 0.2) is 61.2 Å². The summed E-state index contributed by atoms with van der Waals surface area (Å²) in [7, 11) is 0. The summed E-state index contributed by atoms with van der Waals surface area (Å²) in [5, 5.41) is 2.61. The first-order chi connectivity index (χ1) is 10.3. The second kappa shape index (κ2) is 5.21. The Kier molecular flexibility index (Phi) is 3.39. The minimum absolute atomic E-state index is 1.16. The zero-order valence-electron chi connectivity index (χ0n) is 12.9. The molecule has 0 bridgehead atoms. The lowest BCUT2D eigenvalue weighted by atomic mass is 9.94. The lowest BCUT2D eigenvalue weighted by molar-refractivity contribution is 1.49. The van der Waals surface area contributed by atoms with Crippen LogP contribution in [0.1, 0.15) is 30.5 Å². The van der Waals surface area contributed by atoms with Crippen LogP contribution in [-0.4, -0.2) is 0 Å². The maximum absolute atomic E-state index is 4.33. The molecule has 0 N–H and O–H groups in total. The van der Waals surface area contributed by atoms with Gasteiger partial charge in [0, 0.05) is 0 Å². The Morgan fingerprint density at radius 2 is 1.38 bits per heavy atom. The summed E-state index contributed by atoms with van der Waals surface area (Å²) >= 11 is 0. The molecule has 104 valence electrons. The molecule has 0 heteroatoms. The van der Waals surface area contributed by atoms with Gasteiger partial charge in [0.05, 0.1) is 0 Å². The molecule has 0 amide bonds. The predicted octanol–water partition coefficient (Wildman–Crippen LogP) is 6.22. The fraction of sp³-hybridized carbons (Fsp3) is 0.143. The van der Waals surface area contributed by atoms with Crippen molar-refractivity contribution in [3.63, 3.8) is 0 Å². The fourth-order valence-corrected chi connectivity index (χ4v) is 3.25. The lowest BCUT2D eigenvalue weighted by Gasteiger charge is -2.10. The zero-order valence-corrected chi connectivity index (χ0v) is 12.9. The molecular formula is C21H20. The fourth-order valence-electron chi connectivity index (χ4n) is 3.25. The number of hydrogen-bond donors (Lipinski definition) is 0. The Morgan fingerprint density at radius 1 is 0.762 bits per heavy atom. The molecule has 0 aromatic heterocycles. The van der Waals surface area contributed by atoms with Crippen molar-refractivity contribution in [1.29, 1.82) is 0 Å². The van der Waals surface area contributed by atoms with Gasteiger partial charge in [-0.25, -0.2) is 0 Å². The summed E-state index contributed by atoms with van der Waals surface area (Å²) in [5.41, 5.74) is 7.77. The molecule has 0 saturated carbocycles. The van der Waals surface area contributed by atoms with Crippen molar-refractivity contribution in [3.05, 3.63) is 77.9 Å². The third-order valence-corrected chi connectivity index (χ3v) is 4.07. The molecule has 0 unspecified atom stereocenters. The van der Waals surface area contributed by atoms with Crippen LogP contribution in [0.5, 0.6) is 0 Å². The van der Waals surface area contributed by atoms with Crippen molar-refractivity contribution in [2.75, 3.05) is 0 Å². The topological polar surface area (TPSA) is 0 Å². The van der Waals surface area contributed by atoms with E-state index in [1.165, 1.54) is 38.6 Å². The molecule has 1 aliphatic rings. The molecule has 0 heterocycles. The molecule has 0 radical (unpaired) electrons. The van der Waals surface area contributed by atoms with E-state index in [2.05, 4.69) is 68.1 Å². The van der Waals surface area contributed by atoms with Gasteiger partial charge in [0.1, 0.15) is 0 Å². The molecule has 3 aromatic rings. The summed E-state index contributed by atoms with van der Waals surface area (Å²) in [6, 6.07) is 19.4. The number of rotatable bonds is 0. The van der Waals surface area contributed by atoms with Crippen molar-refractivity contribution < 1.29 is 0 Å². The Hall–Kier alpha value is -2.34. The zero-order chi connectivity index (χ0) is 15.0. The second-order valence-electron chi connectivity index (χ2n) is 5.19. The smallest absolute Gasteiger partial charge is 0.00236 e. The highest BCUT2D eigenvalue weighted by Crippen LogP contribution is 2.47. The van der Waals surface area contributed by atoms with Gasteiger partial charge in [-0.05, 0) is 51.1 Å². The summed E-state index contributed by atoms with van der Waals surface area (Å²) in [6.07, 6.45) is 0. The van der Waals surface area contributed by atoms with E-state index in [1.54, 1.807) is 0 Å². The van der Waals surface area contributed by atoms with E-state index >= 15 is 0 Å². The van der Waals surface area contributed by atoms with Gasteiger partial charge in [-0.1, -0.05) is 75.0 Å². The second-order valence-corrected chi connectivity index (χ2v) is 5.19. The maximum Gasteiger partial charge on any atom is -0.00236 e. The molecule has 0 saturated heterocycles. The Balaban J connectivity index is 0.000000636. The highest BCUT2D eigenvalue weighted by atomic mass is 14.3. The van der Waals surface area contributed by atoms with Gasteiger partial charge >= 0.3 is 0 Å². The van der Waals surface area contributed by atoms with Crippen LogP contribution in [0.3, 0.4) is 0 Å². The van der Waals surface area contributed by atoms with Gasteiger partial charge in [-0.15, -0.1) is 0 Å². The molecule has 0 aliphatic heterocycles. The van der Waals surface area contributed by atoms with E-state index in [9.17, 15) is 0 Å². The highest BCUT2D eigenvalue weighted by Gasteiger charge is 2.25. The van der Waals surface area contributed by atoms with E-state index in [0.29, 0.717) is 0 Å². The molecule has 0 nitrogen and oxygen atoms in total. The van der Waals surface area contributed by atoms with Crippen LogP contribution in [0.2, 0.25) is 0 Å². The van der Waals surface area contributed by atoms with Gasteiger partial charge in [-0.3, -0.25) is 0 Å². The number of hydrogen-bond acceptors (Lipinski definition) is 0. The largest absolute Gasteiger partial charge is 0.0905 e. The quantitative estimate of drug-likeness (QED) is 0.356. The summed E-state index contributed by atoms with van der Waals surface area (Å²) < 4.78 is 0. The number of fused-ring (bicyclic) bond motifs is 5. The molecule has 0 atom stereocenters. The first-order valence-electron chi connectivity index (χ1n) is 7.59. The van der Waals surface area contributed by atoms with E-state index in [4.69, 9.17) is 0 Å². The predicted molar refractivity (Wildman–Crippen MR) is 93.6 cm³/mol. The molecule has 3 aromatic carbocycles. The molecule has 4 rings (SSSR count). The number of benzene rings is 3.